The Morgan fingerprint density at radius 2 is 1.77 bits per heavy atom. The van der Waals surface area contributed by atoms with Crippen LogP contribution < -0.4 is 0 Å². The average molecular weight is 481 g/mol. The summed E-state index contributed by atoms with van der Waals surface area (Å²) in [5.74, 6) is -1.28. The van der Waals surface area contributed by atoms with Gasteiger partial charge in [-0.15, -0.1) is 0 Å². The molecule has 7 heteroatoms. The molecular formula is C24H21BrN2O4. The number of para-hydroxylation sites is 1. The molecule has 0 amide bonds. The maximum Gasteiger partial charge on any atom is 0.354 e. The van der Waals surface area contributed by atoms with Crippen LogP contribution >= 0.6 is 15.9 Å². The number of hydrogen-bond acceptors (Lipinski definition) is 5. The van der Waals surface area contributed by atoms with Crippen molar-refractivity contribution in [2.75, 3.05) is 14.2 Å². The first kappa shape index (κ1) is 20.9. The lowest BCUT2D eigenvalue weighted by Crippen LogP contribution is -2.32. The predicted molar refractivity (Wildman–Crippen MR) is 122 cm³/mol. The van der Waals surface area contributed by atoms with Crippen molar-refractivity contribution in [3.05, 3.63) is 88.9 Å². The van der Waals surface area contributed by atoms with Gasteiger partial charge in [0.05, 0.1) is 26.3 Å². The molecule has 1 aromatic heterocycles. The van der Waals surface area contributed by atoms with Gasteiger partial charge in [-0.3, -0.25) is 0 Å². The number of methoxy groups -OCH3 is 2. The van der Waals surface area contributed by atoms with Crippen molar-refractivity contribution in [1.29, 1.82) is 0 Å². The van der Waals surface area contributed by atoms with E-state index in [1.165, 1.54) is 14.2 Å². The topological polar surface area (TPSA) is 71.6 Å². The summed E-state index contributed by atoms with van der Waals surface area (Å²) in [6.45, 7) is 2.01. The van der Waals surface area contributed by atoms with E-state index in [9.17, 15) is 9.59 Å². The molecule has 0 spiro atoms. The molecule has 1 aliphatic rings. The normalized spacial score (nSPS) is 16.0. The fourth-order valence-electron chi connectivity index (χ4n) is 4.04. The number of carbonyl (C=O) groups excluding carboxylic acids is 2. The molecule has 1 unspecified atom stereocenters. The van der Waals surface area contributed by atoms with Crippen molar-refractivity contribution >= 4 is 43.3 Å². The third-order valence-corrected chi connectivity index (χ3v) is 6.02. The number of hydrogen-bond donors (Lipinski definition) is 1. The van der Waals surface area contributed by atoms with E-state index in [0.29, 0.717) is 0 Å². The summed E-state index contributed by atoms with van der Waals surface area (Å²) in [4.78, 5) is 30.1. The molecule has 0 saturated heterocycles. The molecule has 1 N–H and O–H groups in total. The van der Waals surface area contributed by atoms with Crippen molar-refractivity contribution in [2.24, 2.45) is 0 Å². The summed E-state index contributed by atoms with van der Waals surface area (Å²) in [5.41, 5.74) is 5.06. The first-order chi connectivity index (χ1) is 15.0. The van der Waals surface area contributed by atoms with Crippen molar-refractivity contribution in [1.82, 2.24) is 9.88 Å². The minimum Gasteiger partial charge on any atom is -0.466 e. The van der Waals surface area contributed by atoms with Gasteiger partial charge < -0.3 is 19.4 Å². The van der Waals surface area contributed by atoms with Crippen LogP contribution in [0, 0.1) is 6.92 Å². The zero-order valence-corrected chi connectivity index (χ0v) is 18.9. The van der Waals surface area contributed by atoms with Crippen LogP contribution in [-0.4, -0.2) is 36.0 Å². The number of carbonyl (C=O) groups is 2. The van der Waals surface area contributed by atoms with E-state index in [1.807, 2.05) is 55.5 Å². The van der Waals surface area contributed by atoms with Crippen LogP contribution in [0.2, 0.25) is 0 Å². The second-order valence-corrected chi connectivity index (χ2v) is 7.98. The highest BCUT2D eigenvalue weighted by Crippen LogP contribution is 2.45. The number of aromatic amines is 1. The summed E-state index contributed by atoms with van der Waals surface area (Å²) in [6.07, 6.45) is 2.97. The molecule has 0 fully saturated rings. The second-order valence-electron chi connectivity index (χ2n) is 7.13. The van der Waals surface area contributed by atoms with Crippen molar-refractivity contribution in [2.45, 2.75) is 13.0 Å². The number of nitrogens with zero attached hydrogens (tertiary/aromatic N) is 1. The Labute approximate surface area is 188 Å². The SMILES string of the molecule is COC(=O)/C=C(\C(=O)OC)N1C=C(Br)c2ccccc2C1c1c(C)[nH]c2ccccc12. The second kappa shape index (κ2) is 8.43. The Bertz CT molecular complexity index is 1240. The maximum atomic E-state index is 12.8. The van der Waals surface area contributed by atoms with Gasteiger partial charge in [0.2, 0.25) is 0 Å². The molecule has 0 radical (unpaired) electrons. The standard InChI is InChI=1S/C24H21BrN2O4/c1-14-22(17-10-6-7-11-19(17)26-14)23-16-9-5-4-8-15(16)18(25)13-27(23)20(24(29)31-3)12-21(28)30-2/h4-13,23,26H,1-3H3/b20-12+. The van der Waals surface area contributed by atoms with E-state index < -0.39 is 11.9 Å². The smallest absolute Gasteiger partial charge is 0.354 e. The molecule has 6 nitrogen and oxygen atoms in total. The molecule has 2 heterocycles. The fraction of sp³-hybridized carbons (Fsp3) is 0.167. The minimum atomic E-state index is -0.641. The molecule has 31 heavy (non-hydrogen) atoms. The summed E-state index contributed by atoms with van der Waals surface area (Å²) >= 11 is 3.63. The van der Waals surface area contributed by atoms with E-state index in [4.69, 9.17) is 9.47 Å². The highest BCUT2D eigenvalue weighted by atomic mass is 79.9. The van der Waals surface area contributed by atoms with Crippen LogP contribution in [0.15, 0.2) is 66.5 Å². The van der Waals surface area contributed by atoms with Gasteiger partial charge in [-0.2, -0.15) is 0 Å². The van der Waals surface area contributed by atoms with Crippen LogP contribution in [0.25, 0.3) is 15.4 Å². The van der Waals surface area contributed by atoms with Gasteiger partial charge in [-0.05, 0) is 40.0 Å². The molecule has 2 aromatic carbocycles. The number of benzene rings is 2. The summed E-state index contributed by atoms with van der Waals surface area (Å²) in [6, 6.07) is 15.6. The number of halogens is 1. The highest BCUT2D eigenvalue weighted by Gasteiger charge is 2.35. The number of fused-ring (bicyclic) bond motifs is 2. The predicted octanol–water partition coefficient (Wildman–Crippen LogP) is 4.80. The highest BCUT2D eigenvalue weighted by molar-refractivity contribution is 9.15. The lowest BCUT2D eigenvalue weighted by atomic mass is 9.88. The molecule has 0 bridgehead atoms. The van der Waals surface area contributed by atoms with E-state index in [2.05, 4.69) is 20.9 Å². The maximum absolute atomic E-state index is 12.8. The van der Waals surface area contributed by atoms with Gasteiger partial charge in [-0.25, -0.2) is 9.59 Å². The Kier molecular flexibility index (Phi) is 5.69. The Balaban J connectivity index is 2.02. The van der Waals surface area contributed by atoms with Crippen LogP contribution in [0.3, 0.4) is 0 Å². The van der Waals surface area contributed by atoms with Crippen molar-refractivity contribution < 1.29 is 19.1 Å². The van der Waals surface area contributed by atoms with Crippen molar-refractivity contribution in [3.63, 3.8) is 0 Å². The third kappa shape index (κ3) is 3.65. The Morgan fingerprint density at radius 3 is 2.52 bits per heavy atom. The van der Waals surface area contributed by atoms with Crippen LogP contribution in [0.5, 0.6) is 0 Å². The number of aromatic nitrogens is 1. The third-order valence-electron chi connectivity index (χ3n) is 5.39. The lowest BCUT2D eigenvalue weighted by molar-refractivity contribution is -0.139. The van der Waals surface area contributed by atoms with Crippen LogP contribution in [-0.2, 0) is 19.1 Å². The Morgan fingerprint density at radius 1 is 1.06 bits per heavy atom. The number of esters is 2. The summed E-state index contributed by atoms with van der Waals surface area (Å²) < 4.78 is 10.6. The average Bonchev–Trinajstić information content (AvgIpc) is 3.12. The molecule has 1 atom stereocenters. The molecule has 3 aromatic rings. The number of aryl methyl sites for hydroxylation is 1. The van der Waals surface area contributed by atoms with Crippen LogP contribution in [0.4, 0.5) is 0 Å². The first-order valence-electron chi connectivity index (χ1n) is 9.66. The van der Waals surface area contributed by atoms with Gasteiger partial charge in [0.15, 0.2) is 0 Å². The zero-order chi connectivity index (χ0) is 22.1. The molecule has 0 aliphatic carbocycles. The summed E-state index contributed by atoms with van der Waals surface area (Å²) in [5, 5.41) is 1.04. The van der Waals surface area contributed by atoms with E-state index in [0.717, 1.165) is 43.8 Å². The van der Waals surface area contributed by atoms with Gasteiger partial charge in [0, 0.05) is 32.8 Å². The number of nitrogens with one attached hydrogen (secondary N) is 1. The molecular weight excluding hydrogens is 460 g/mol. The van der Waals surface area contributed by atoms with Gasteiger partial charge >= 0.3 is 11.9 Å². The van der Waals surface area contributed by atoms with Gasteiger partial charge in [-0.1, -0.05) is 42.5 Å². The Hall–Kier alpha value is -3.32. The van der Waals surface area contributed by atoms with E-state index in [-0.39, 0.29) is 11.7 Å². The monoisotopic (exact) mass is 480 g/mol. The minimum absolute atomic E-state index is 0.0792. The number of rotatable bonds is 4. The molecule has 4 rings (SSSR count). The van der Waals surface area contributed by atoms with Gasteiger partial charge in [0.25, 0.3) is 0 Å². The number of H-pyrrole nitrogens is 1. The van der Waals surface area contributed by atoms with E-state index >= 15 is 0 Å². The number of ether oxygens (including phenoxy) is 2. The van der Waals surface area contributed by atoms with Crippen molar-refractivity contribution in [3.8, 4) is 0 Å². The zero-order valence-electron chi connectivity index (χ0n) is 17.3. The molecule has 0 saturated carbocycles. The quantitative estimate of drug-likeness (QED) is 0.428. The summed E-state index contributed by atoms with van der Waals surface area (Å²) in [7, 11) is 2.56. The molecule has 158 valence electrons. The lowest BCUT2D eigenvalue weighted by Gasteiger charge is -2.37. The van der Waals surface area contributed by atoms with Crippen LogP contribution in [0.1, 0.15) is 28.4 Å². The van der Waals surface area contributed by atoms with E-state index in [1.54, 1.807) is 11.1 Å². The molecule has 1 aliphatic heterocycles. The van der Waals surface area contributed by atoms with Gasteiger partial charge in [0.1, 0.15) is 5.70 Å². The fourth-order valence-corrected chi connectivity index (χ4v) is 4.62. The first-order valence-corrected chi connectivity index (χ1v) is 10.5. The largest absolute Gasteiger partial charge is 0.466 e.